The van der Waals surface area contributed by atoms with Gasteiger partial charge in [0.05, 0.1) is 6.10 Å². The second-order valence-electron chi connectivity index (χ2n) is 4.29. The van der Waals surface area contributed by atoms with Crippen LogP contribution in [0.3, 0.4) is 0 Å². The van der Waals surface area contributed by atoms with E-state index < -0.39 is 6.10 Å². The summed E-state index contributed by atoms with van der Waals surface area (Å²) in [6.45, 7) is 5.82. The summed E-state index contributed by atoms with van der Waals surface area (Å²) < 4.78 is 10.3. The van der Waals surface area contributed by atoms with E-state index in [-0.39, 0.29) is 0 Å². The molecule has 0 spiro atoms. The van der Waals surface area contributed by atoms with Gasteiger partial charge in [-0.15, -0.1) is 0 Å². The molecule has 5 heteroatoms. The Bertz CT molecular complexity index is 535. The van der Waals surface area contributed by atoms with Crippen molar-refractivity contribution in [2.75, 3.05) is 0 Å². The number of hydrogen-bond acceptors (Lipinski definition) is 5. The van der Waals surface area contributed by atoms with Crippen LogP contribution >= 0.6 is 0 Å². The van der Waals surface area contributed by atoms with Crippen LogP contribution in [-0.4, -0.2) is 15.4 Å². The summed E-state index contributed by atoms with van der Waals surface area (Å²) in [6.07, 6.45) is -0.472. The van der Waals surface area contributed by atoms with Gasteiger partial charge < -0.3 is 9.84 Å². The van der Waals surface area contributed by atoms with Gasteiger partial charge in [0.1, 0.15) is 23.7 Å². The predicted molar refractivity (Wildman–Crippen MR) is 65.2 cm³/mol. The molecule has 1 aromatic heterocycles. The zero-order valence-electron chi connectivity index (χ0n) is 10.7. The fourth-order valence-corrected chi connectivity index (χ4v) is 1.62. The van der Waals surface area contributed by atoms with E-state index in [2.05, 4.69) is 14.9 Å². The summed E-state index contributed by atoms with van der Waals surface area (Å²) in [6, 6.07) is 5.61. The average molecular weight is 248 g/mol. The van der Waals surface area contributed by atoms with E-state index in [0.717, 1.165) is 22.6 Å². The van der Waals surface area contributed by atoms with Crippen molar-refractivity contribution < 1.29 is 14.5 Å². The molecule has 2 rings (SSSR count). The molecule has 0 radical (unpaired) electrons. The summed E-state index contributed by atoms with van der Waals surface area (Å²) in [4.78, 5) is 0. The van der Waals surface area contributed by atoms with Gasteiger partial charge in [-0.25, -0.2) is 4.63 Å². The third kappa shape index (κ3) is 2.68. The second-order valence-corrected chi connectivity index (χ2v) is 4.29. The maximum Gasteiger partial charge on any atom is 0.145 e. The zero-order chi connectivity index (χ0) is 13.1. The van der Waals surface area contributed by atoms with E-state index in [4.69, 9.17) is 4.74 Å². The molecule has 1 atom stereocenters. The van der Waals surface area contributed by atoms with Crippen LogP contribution in [0.15, 0.2) is 22.8 Å². The third-order valence-corrected chi connectivity index (χ3v) is 2.79. The Kier molecular flexibility index (Phi) is 3.62. The molecule has 0 saturated heterocycles. The summed E-state index contributed by atoms with van der Waals surface area (Å²) in [5.41, 5.74) is 3.27. The molecule has 1 aromatic carbocycles. The molecule has 96 valence electrons. The third-order valence-electron chi connectivity index (χ3n) is 2.79. The van der Waals surface area contributed by atoms with Crippen molar-refractivity contribution >= 4 is 0 Å². The first kappa shape index (κ1) is 12.6. The number of aryl methyl sites for hydroxylation is 2. The van der Waals surface area contributed by atoms with E-state index in [0.29, 0.717) is 12.3 Å². The maximum atomic E-state index is 9.48. The number of aromatic nitrogens is 2. The average Bonchev–Trinajstić information content (AvgIpc) is 2.73. The number of nitrogens with zero attached hydrogens (tertiary/aromatic N) is 2. The van der Waals surface area contributed by atoms with Gasteiger partial charge in [-0.1, -0.05) is 16.4 Å². The van der Waals surface area contributed by atoms with Gasteiger partial charge in [-0.3, -0.25) is 0 Å². The number of benzene rings is 1. The van der Waals surface area contributed by atoms with Gasteiger partial charge in [-0.2, -0.15) is 0 Å². The Balaban J connectivity index is 2.08. The van der Waals surface area contributed by atoms with E-state index in [1.165, 1.54) is 0 Å². The first-order valence-corrected chi connectivity index (χ1v) is 5.77. The smallest absolute Gasteiger partial charge is 0.145 e. The largest absolute Gasteiger partial charge is 0.487 e. The molecule has 1 heterocycles. The number of ether oxygens (including phenoxy) is 1. The Hall–Kier alpha value is -1.88. The van der Waals surface area contributed by atoms with Crippen molar-refractivity contribution in [3.8, 4) is 5.75 Å². The van der Waals surface area contributed by atoms with Crippen molar-refractivity contribution in [2.45, 2.75) is 33.5 Å². The summed E-state index contributed by atoms with van der Waals surface area (Å²) >= 11 is 0. The molecule has 0 aliphatic carbocycles. The van der Waals surface area contributed by atoms with Crippen molar-refractivity contribution in [1.29, 1.82) is 0 Å². The molecule has 1 N–H and O–H groups in total. The minimum absolute atomic E-state index is 0.324. The number of hydrogen-bond donors (Lipinski definition) is 1. The fraction of sp³-hybridized carbons (Fsp3) is 0.385. The van der Waals surface area contributed by atoms with Crippen molar-refractivity contribution in [3.05, 3.63) is 40.7 Å². The molecule has 18 heavy (non-hydrogen) atoms. The lowest BCUT2D eigenvalue weighted by molar-refractivity contribution is 0.199. The van der Waals surface area contributed by atoms with Crippen molar-refractivity contribution in [3.63, 3.8) is 0 Å². The zero-order valence-corrected chi connectivity index (χ0v) is 10.7. The van der Waals surface area contributed by atoms with Gasteiger partial charge in [0.25, 0.3) is 0 Å². The highest BCUT2D eigenvalue weighted by atomic mass is 16.6. The Morgan fingerprint density at radius 1 is 1.33 bits per heavy atom. The van der Waals surface area contributed by atoms with Crippen molar-refractivity contribution in [2.24, 2.45) is 0 Å². The first-order chi connectivity index (χ1) is 8.58. The number of aliphatic hydroxyl groups is 1. The molecule has 0 aliphatic heterocycles. The van der Waals surface area contributed by atoms with Gasteiger partial charge in [0, 0.05) is 0 Å². The minimum Gasteiger partial charge on any atom is -0.487 e. The maximum absolute atomic E-state index is 9.48. The van der Waals surface area contributed by atoms with E-state index in [1.807, 2.05) is 32.0 Å². The number of aliphatic hydroxyl groups excluding tert-OH is 1. The van der Waals surface area contributed by atoms with Crippen LogP contribution in [-0.2, 0) is 6.61 Å². The Labute approximate surface area is 105 Å². The first-order valence-electron chi connectivity index (χ1n) is 5.77. The van der Waals surface area contributed by atoms with Crippen LogP contribution < -0.4 is 4.74 Å². The monoisotopic (exact) mass is 248 g/mol. The van der Waals surface area contributed by atoms with Crippen molar-refractivity contribution in [1.82, 2.24) is 10.3 Å². The highest BCUT2D eigenvalue weighted by molar-refractivity contribution is 5.37. The molecule has 1 unspecified atom stereocenters. The lowest BCUT2D eigenvalue weighted by atomic mass is 10.1. The Morgan fingerprint density at radius 3 is 2.67 bits per heavy atom. The lowest BCUT2D eigenvalue weighted by Gasteiger charge is -2.11. The molecule has 0 saturated carbocycles. The molecule has 5 nitrogen and oxygen atoms in total. The quantitative estimate of drug-likeness (QED) is 0.899. The minimum atomic E-state index is -0.472. The standard InChI is InChI=1S/C13H16N2O3/c1-8-6-11(10(3)16)4-5-13(8)17-7-12-9(2)14-18-15-12/h4-6,10,16H,7H2,1-3H3. The van der Waals surface area contributed by atoms with E-state index in [1.54, 1.807) is 6.92 Å². The molecule has 0 bridgehead atoms. The highest BCUT2D eigenvalue weighted by Crippen LogP contribution is 2.23. The lowest BCUT2D eigenvalue weighted by Crippen LogP contribution is -2.00. The van der Waals surface area contributed by atoms with Gasteiger partial charge >= 0.3 is 0 Å². The molecule has 0 fully saturated rings. The van der Waals surface area contributed by atoms with Gasteiger partial charge in [0.15, 0.2) is 0 Å². The van der Waals surface area contributed by atoms with Gasteiger partial charge in [0.2, 0.25) is 0 Å². The predicted octanol–water partition coefficient (Wildman–Crippen LogP) is 2.32. The normalized spacial score (nSPS) is 12.4. The topological polar surface area (TPSA) is 68.4 Å². The molecule has 0 amide bonds. The SMILES string of the molecule is Cc1cc(C(C)O)ccc1OCc1nonc1C. The van der Waals surface area contributed by atoms with Crippen LogP contribution in [0.4, 0.5) is 0 Å². The van der Waals surface area contributed by atoms with Crippen LogP contribution in [0.5, 0.6) is 5.75 Å². The summed E-state index contributed by atoms with van der Waals surface area (Å²) in [5, 5.41) is 16.9. The molecule has 0 aliphatic rings. The molecule has 2 aromatic rings. The van der Waals surface area contributed by atoms with Gasteiger partial charge in [-0.05, 0) is 44.0 Å². The molecular weight excluding hydrogens is 232 g/mol. The van der Waals surface area contributed by atoms with Crippen LogP contribution in [0.2, 0.25) is 0 Å². The van der Waals surface area contributed by atoms with E-state index in [9.17, 15) is 5.11 Å². The number of rotatable bonds is 4. The van der Waals surface area contributed by atoms with E-state index >= 15 is 0 Å². The highest BCUT2D eigenvalue weighted by Gasteiger charge is 2.08. The summed E-state index contributed by atoms with van der Waals surface area (Å²) in [5.74, 6) is 0.766. The second kappa shape index (κ2) is 5.18. The fourth-order valence-electron chi connectivity index (χ4n) is 1.62. The molecular formula is C13H16N2O3. The Morgan fingerprint density at radius 2 is 2.11 bits per heavy atom. The van der Waals surface area contributed by atoms with Crippen LogP contribution in [0.1, 0.15) is 35.5 Å². The summed E-state index contributed by atoms with van der Waals surface area (Å²) in [7, 11) is 0. The van der Waals surface area contributed by atoms with Crippen LogP contribution in [0, 0.1) is 13.8 Å². The van der Waals surface area contributed by atoms with Crippen LogP contribution in [0.25, 0.3) is 0 Å².